The number of hydrogen-bond donors (Lipinski definition) is 0. The Balaban J connectivity index is 3.32. The first-order chi connectivity index (χ1) is 5.95. The van der Waals surface area contributed by atoms with E-state index in [-0.39, 0.29) is 21.2 Å². The molecule has 0 atom stereocenters. The average molecular weight is 241 g/mol. The number of nitrogens with zero attached hydrogens (tertiary/aromatic N) is 2. The van der Waals surface area contributed by atoms with Crippen LogP contribution in [0.3, 0.4) is 0 Å². The molecular weight excluding hydrogens is 235 g/mol. The Morgan fingerprint density at radius 3 is 2.15 bits per heavy atom. The van der Waals surface area contributed by atoms with Crippen LogP contribution in [0.1, 0.15) is 6.92 Å². The molecule has 0 unspecified atom stereocenters. The largest absolute Gasteiger partial charge is 0.249 e. The molecule has 0 aliphatic carbocycles. The Bertz CT molecular complexity index is 398. The average Bonchev–Trinajstić information content (AvgIpc) is 2.02. The van der Waals surface area contributed by atoms with E-state index in [9.17, 15) is 8.42 Å². The Kier molecular flexibility index (Phi) is 3.10. The van der Waals surface area contributed by atoms with Gasteiger partial charge in [0.1, 0.15) is 10.3 Å². The van der Waals surface area contributed by atoms with Crippen LogP contribution >= 0.6 is 23.2 Å². The summed E-state index contributed by atoms with van der Waals surface area (Å²) >= 11 is 11.0. The van der Waals surface area contributed by atoms with Crippen molar-refractivity contribution in [3.05, 3.63) is 16.4 Å². The van der Waals surface area contributed by atoms with Crippen LogP contribution in [0.5, 0.6) is 0 Å². The molecule has 0 saturated heterocycles. The number of hydrogen-bond acceptors (Lipinski definition) is 4. The fraction of sp³-hybridized carbons (Fsp3) is 0.333. The summed E-state index contributed by atoms with van der Waals surface area (Å²) in [6, 6.07) is 1.28. The maximum atomic E-state index is 11.3. The van der Waals surface area contributed by atoms with Crippen molar-refractivity contribution in [1.82, 2.24) is 9.97 Å². The van der Waals surface area contributed by atoms with Crippen molar-refractivity contribution in [3.8, 4) is 0 Å². The Morgan fingerprint density at radius 2 is 1.77 bits per heavy atom. The third-order valence-electron chi connectivity index (χ3n) is 1.30. The van der Waals surface area contributed by atoms with Gasteiger partial charge in [-0.05, 0) is 0 Å². The molecule has 1 aromatic heterocycles. The van der Waals surface area contributed by atoms with Gasteiger partial charge < -0.3 is 0 Å². The van der Waals surface area contributed by atoms with Gasteiger partial charge in [-0.2, -0.15) is 0 Å². The molecule has 0 saturated carbocycles. The first kappa shape index (κ1) is 10.7. The van der Waals surface area contributed by atoms with E-state index in [0.717, 1.165) is 0 Å². The molecule has 7 heteroatoms. The van der Waals surface area contributed by atoms with Gasteiger partial charge in [0.25, 0.3) is 0 Å². The van der Waals surface area contributed by atoms with E-state index in [1.807, 2.05) is 0 Å². The summed E-state index contributed by atoms with van der Waals surface area (Å²) in [7, 11) is -3.43. The second kappa shape index (κ2) is 3.77. The second-order valence-corrected chi connectivity index (χ2v) is 5.15. The number of aromatic nitrogens is 2. The molecule has 0 N–H and O–H groups in total. The van der Waals surface area contributed by atoms with Gasteiger partial charge in [-0.3, -0.25) is 0 Å². The van der Waals surface area contributed by atoms with Crippen molar-refractivity contribution in [3.63, 3.8) is 0 Å². The van der Waals surface area contributed by atoms with Crippen LogP contribution in [0.2, 0.25) is 10.3 Å². The third-order valence-corrected chi connectivity index (χ3v) is 3.19. The quantitative estimate of drug-likeness (QED) is 0.582. The van der Waals surface area contributed by atoms with E-state index in [4.69, 9.17) is 23.2 Å². The molecule has 4 nitrogen and oxygen atoms in total. The Hall–Kier alpha value is -0.390. The number of rotatable bonds is 2. The van der Waals surface area contributed by atoms with Crippen molar-refractivity contribution < 1.29 is 8.42 Å². The van der Waals surface area contributed by atoms with Gasteiger partial charge in [-0.15, -0.1) is 0 Å². The van der Waals surface area contributed by atoms with E-state index in [2.05, 4.69) is 9.97 Å². The normalized spacial score (nSPS) is 11.6. The molecule has 1 aromatic rings. The van der Waals surface area contributed by atoms with Crippen LogP contribution in [0.4, 0.5) is 0 Å². The van der Waals surface area contributed by atoms with Crippen molar-refractivity contribution in [2.75, 3.05) is 5.75 Å². The molecule has 13 heavy (non-hydrogen) atoms. The van der Waals surface area contributed by atoms with Crippen LogP contribution in [0.15, 0.2) is 11.2 Å². The molecule has 0 amide bonds. The molecule has 1 rings (SSSR count). The van der Waals surface area contributed by atoms with E-state index in [1.54, 1.807) is 0 Å². The Labute approximate surface area is 85.8 Å². The highest BCUT2D eigenvalue weighted by Crippen LogP contribution is 2.15. The van der Waals surface area contributed by atoms with E-state index < -0.39 is 9.84 Å². The Morgan fingerprint density at radius 1 is 1.31 bits per heavy atom. The smallest absolute Gasteiger partial charge is 0.220 e. The lowest BCUT2D eigenvalue weighted by atomic mass is 10.7. The highest BCUT2D eigenvalue weighted by atomic mass is 35.5. The lowest BCUT2D eigenvalue weighted by Gasteiger charge is -1.99. The summed E-state index contributed by atoms with van der Waals surface area (Å²) in [5.74, 6) is -0.0797. The summed E-state index contributed by atoms with van der Waals surface area (Å²) < 4.78 is 22.5. The van der Waals surface area contributed by atoms with Gasteiger partial charge in [0.15, 0.2) is 0 Å². The van der Waals surface area contributed by atoms with Crippen LogP contribution in [-0.2, 0) is 9.84 Å². The minimum Gasteiger partial charge on any atom is -0.220 e. The predicted octanol–water partition coefficient (Wildman–Crippen LogP) is 1.58. The fourth-order valence-electron chi connectivity index (χ4n) is 0.639. The van der Waals surface area contributed by atoms with E-state index in [1.165, 1.54) is 13.0 Å². The van der Waals surface area contributed by atoms with Gasteiger partial charge in [0.2, 0.25) is 15.0 Å². The van der Waals surface area contributed by atoms with Gasteiger partial charge in [-0.1, -0.05) is 30.1 Å². The van der Waals surface area contributed by atoms with Gasteiger partial charge in [0.05, 0.1) is 5.75 Å². The standard InChI is InChI=1S/C6H6Cl2N2O2S/c1-2-13(11,12)6-9-4(7)3-5(8)10-6/h3H,2H2,1H3. The zero-order valence-corrected chi connectivity index (χ0v) is 8.99. The molecule has 0 aromatic carbocycles. The lowest BCUT2D eigenvalue weighted by molar-refractivity contribution is 0.588. The van der Waals surface area contributed by atoms with E-state index >= 15 is 0 Å². The maximum absolute atomic E-state index is 11.3. The lowest BCUT2D eigenvalue weighted by Crippen LogP contribution is -2.08. The molecule has 0 bridgehead atoms. The van der Waals surface area contributed by atoms with Crippen LogP contribution in [-0.4, -0.2) is 24.1 Å². The molecule has 1 heterocycles. The maximum Gasteiger partial charge on any atom is 0.249 e. The molecule has 72 valence electrons. The molecule has 0 fully saturated rings. The van der Waals surface area contributed by atoms with Crippen LogP contribution < -0.4 is 0 Å². The summed E-state index contributed by atoms with van der Waals surface area (Å²) in [5, 5.41) is -0.286. The first-order valence-corrected chi connectivity index (χ1v) is 5.79. The van der Waals surface area contributed by atoms with E-state index in [0.29, 0.717) is 0 Å². The molecule has 0 aliphatic rings. The van der Waals surface area contributed by atoms with Crippen LogP contribution in [0, 0.1) is 0 Å². The molecule has 0 radical (unpaired) electrons. The topological polar surface area (TPSA) is 59.9 Å². The summed E-state index contributed by atoms with van der Waals surface area (Å²) in [6.45, 7) is 1.49. The van der Waals surface area contributed by atoms with Gasteiger partial charge in [-0.25, -0.2) is 18.4 Å². The minimum absolute atomic E-state index is 0.0204. The van der Waals surface area contributed by atoms with Crippen molar-refractivity contribution in [1.29, 1.82) is 0 Å². The zero-order chi connectivity index (χ0) is 10.1. The SMILES string of the molecule is CCS(=O)(=O)c1nc(Cl)cc(Cl)n1. The summed E-state index contributed by atoms with van der Waals surface area (Å²) in [5.41, 5.74) is 0. The van der Waals surface area contributed by atoms with Crippen molar-refractivity contribution in [2.45, 2.75) is 12.1 Å². The highest BCUT2D eigenvalue weighted by Gasteiger charge is 2.16. The highest BCUT2D eigenvalue weighted by molar-refractivity contribution is 7.91. The van der Waals surface area contributed by atoms with Gasteiger partial charge in [0, 0.05) is 6.07 Å². The van der Waals surface area contributed by atoms with Crippen LogP contribution in [0.25, 0.3) is 0 Å². The second-order valence-electron chi connectivity index (χ2n) is 2.20. The molecular formula is C6H6Cl2N2O2S. The summed E-state index contributed by atoms with van der Waals surface area (Å²) in [4.78, 5) is 7.12. The monoisotopic (exact) mass is 240 g/mol. The number of sulfone groups is 1. The van der Waals surface area contributed by atoms with Crippen molar-refractivity contribution >= 4 is 33.0 Å². The predicted molar refractivity (Wildman–Crippen MR) is 49.8 cm³/mol. The third kappa shape index (κ3) is 2.52. The first-order valence-electron chi connectivity index (χ1n) is 3.38. The summed E-state index contributed by atoms with van der Waals surface area (Å²) in [6.07, 6.45) is 0. The minimum atomic E-state index is -3.43. The zero-order valence-electron chi connectivity index (χ0n) is 6.66. The molecule has 0 spiro atoms. The molecule has 0 aliphatic heterocycles. The van der Waals surface area contributed by atoms with Crippen molar-refractivity contribution in [2.24, 2.45) is 0 Å². The van der Waals surface area contributed by atoms with Gasteiger partial charge >= 0.3 is 0 Å². The fourth-order valence-corrected chi connectivity index (χ4v) is 1.89. The number of halogens is 2.